The molecule has 1 atom stereocenters. The molecule has 6 heteroatoms. The van der Waals surface area contributed by atoms with Gasteiger partial charge in [0.25, 0.3) is 0 Å². The van der Waals surface area contributed by atoms with Crippen LogP contribution in [-0.2, 0) is 22.1 Å². The Balaban J connectivity index is 2.72. The molecule has 0 bridgehead atoms. The zero-order chi connectivity index (χ0) is 13.1. The molecule has 0 radical (unpaired) electrons. The molecule has 0 aliphatic rings. The van der Waals surface area contributed by atoms with Crippen LogP contribution in [0.15, 0.2) is 24.3 Å². The molecule has 0 fully saturated rings. The topological polar surface area (TPSA) is 52.3 Å². The van der Waals surface area contributed by atoms with Crippen LogP contribution in [0.25, 0.3) is 0 Å². The molecule has 1 aromatic carbocycles. The average Bonchev–Trinajstić information content (AvgIpc) is 2.27. The molecule has 2 N–H and O–H groups in total. The van der Waals surface area contributed by atoms with Crippen LogP contribution >= 0.6 is 0 Å². The molecule has 3 nitrogen and oxygen atoms in total. The zero-order valence-electron chi connectivity index (χ0n) is 9.12. The molecular formula is C11H12F3NO2. The largest absolute Gasteiger partial charge is 0.468 e. The Morgan fingerprint density at radius 2 is 1.88 bits per heavy atom. The van der Waals surface area contributed by atoms with Crippen molar-refractivity contribution >= 4 is 5.97 Å². The van der Waals surface area contributed by atoms with Crippen molar-refractivity contribution in [1.29, 1.82) is 0 Å². The minimum absolute atomic E-state index is 0.144. The maximum Gasteiger partial charge on any atom is 0.416 e. The van der Waals surface area contributed by atoms with Gasteiger partial charge in [0.2, 0.25) is 0 Å². The first-order valence-corrected chi connectivity index (χ1v) is 4.84. The fourth-order valence-corrected chi connectivity index (χ4v) is 1.32. The monoisotopic (exact) mass is 247 g/mol. The molecule has 1 rings (SSSR count). The second-order valence-corrected chi connectivity index (χ2v) is 3.53. The smallest absolute Gasteiger partial charge is 0.416 e. The highest BCUT2D eigenvalue weighted by molar-refractivity contribution is 5.75. The van der Waals surface area contributed by atoms with Gasteiger partial charge >= 0.3 is 12.1 Å². The van der Waals surface area contributed by atoms with Gasteiger partial charge in [-0.1, -0.05) is 12.1 Å². The third kappa shape index (κ3) is 3.74. The summed E-state index contributed by atoms with van der Waals surface area (Å²) >= 11 is 0. The lowest BCUT2D eigenvalue weighted by Gasteiger charge is -2.10. The molecule has 0 aromatic heterocycles. The van der Waals surface area contributed by atoms with E-state index in [1.807, 2.05) is 0 Å². The normalized spacial score (nSPS) is 13.2. The number of methoxy groups -OCH3 is 1. The Morgan fingerprint density at radius 1 is 1.35 bits per heavy atom. The highest BCUT2D eigenvalue weighted by Gasteiger charge is 2.30. The van der Waals surface area contributed by atoms with E-state index in [-0.39, 0.29) is 6.42 Å². The SMILES string of the molecule is COC(=O)[C@@H](N)Cc1ccc(C(F)(F)F)cc1. The Hall–Kier alpha value is -1.56. The number of carbonyl (C=O) groups excluding carboxylic acids is 1. The van der Waals surface area contributed by atoms with Crippen molar-refractivity contribution < 1.29 is 22.7 Å². The van der Waals surface area contributed by atoms with E-state index < -0.39 is 23.8 Å². The first-order chi connectivity index (χ1) is 7.84. The standard InChI is InChI=1S/C11H12F3NO2/c1-17-10(16)9(15)6-7-2-4-8(5-3-7)11(12,13)14/h2-5,9H,6,15H2,1H3/t9-/m0/s1. The lowest BCUT2D eigenvalue weighted by molar-refractivity contribution is -0.142. The van der Waals surface area contributed by atoms with Crippen molar-refractivity contribution in [3.63, 3.8) is 0 Å². The lowest BCUT2D eigenvalue weighted by Crippen LogP contribution is -2.33. The van der Waals surface area contributed by atoms with Gasteiger partial charge in [0, 0.05) is 0 Å². The molecule has 0 aliphatic carbocycles. The molecule has 1 aromatic rings. The van der Waals surface area contributed by atoms with E-state index >= 15 is 0 Å². The van der Waals surface area contributed by atoms with Crippen molar-refractivity contribution in [3.8, 4) is 0 Å². The number of rotatable bonds is 3. The van der Waals surface area contributed by atoms with E-state index in [4.69, 9.17) is 5.73 Å². The summed E-state index contributed by atoms with van der Waals surface area (Å²) in [6, 6.07) is 3.65. The highest BCUT2D eigenvalue weighted by atomic mass is 19.4. The van der Waals surface area contributed by atoms with Gasteiger partial charge in [0.1, 0.15) is 6.04 Å². The summed E-state index contributed by atoms with van der Waals surface area (Å²) < 4.78 is 41.2. The van der Waals surface area contributed by atoms with E-state index in [9.17, 15) is 18.0 Å². The number of carbonyl (C=O) groups is 1. The van der Waals surface area contributed by atoms with E-state index in [0.717, 1.165) is 12.1 Å². The Morgan fingerprint density at radius 3 is 2.29 bits per heavy atom. The number of halogens is 3. The van der Waals surface area contributed by atoms with Crippen molar-refractivity contribution in [1.82, 2.24) is 0 Å². The second-order valence-electron chi connectivity index (χ2n) is 3.53. The van der Waals surface area contributed by atoms with Crippen molar-refractivity contribution in [2.45, 2.75) is 18.6 Å². The molecule has 0 unspecified atom stereocenters. The van der Waals surface area contributed by atoms with Gasteiger partial charge in [-0.2, -0.15) is 13.2 Å². The fourth-order valence-electron chi connectivity index (χ4n) is 1.32. The number of hydrogen-bond acceptors (Lipinski definition) is 3. The molecule has 0 saturated carbocycles. The second kappa shape index (κ2) is 5.18. The van der Waals surface area contributed by atoms with Crippen molar-refractivity contribution in [2.24, 2.45) is 5.73 Å². The quantitative estimate of drug-likeness (QED) is 0.828. The number of nitrogens with two attached hydrogens (primary N) is 1. The van der Waals surface area contributed by atoms with Crippen LogP contribution in [0.5, 0.6) is 0 Å². The van der Waals surface area contributed by atoms with Gasteiger partial charge < -0.3 is 10.5 Å². The van der Waals surface area contributed by atoms with E-state index in [2.05, 4.69) is 4.74 Å². The van der Waals surface area contributed by atoms with E-state index in [1.54, 1.807) is 0 Å². The predicted molar refractivity (Wildman–Crippen MR) is 55.1 cm³/mol. The van der Waals surface area contributed by atoms with Crippen LogP contribution in [0, 0.1) is 0 Å². The van der Waals surface area contributed by atoms with Gasteiger partial charge in [-0.3, -0.25) is 4.79 Å². The van der Waals surface area contributed by atoms with Crippen LogP contribution in [-0.4, -0.2) is 19.1 Å². The fraction of sp³-hybridized carbons (Fsp3) is 0.364. The minimum atomic E-state index is -4.36. The number of esters is 1. The van der Waals surface area contributed by atoms with Crippen LogP contribution in [0.2, 0.25) is 0 Å². The van der Waals surface area contributed by atoms with Gasteiger partial charge in [0.05, 0.1) is 12.7 Å². The zero-order valence-corrected chi connectivity index (χ0v) is 9.12. The van der Waals surface area contributed by atoms with Gasteiger partial charge in [-0.15, -0.1) is 0 Å². The van der Waals surface area contributed by atoms with Gasteiger partial charge in [0.15, 0.2) is 0 Å². The van der Waals surface area contributed by atoms with Crippen LogP contribution in [0.3, 0.4) is 0 Å². The Kier molecular flexibility index (Phi) is 4.11. The number of benzene rings is 1. The van der Waals surface area contributed by atoms with Gasteiger partial charge in [-0.25, -0.2) is 0 Å². The summed E-state index contributed by atoms with van der Waals surface area (Å²) in [5, 5.41) is 0. The average molecular weight is 247 g/mol. The molecule has 17 heavy (non-hydrogen) atoms. The maximum atomic E-state index is 12.3. The summed E-state index contributed by atoms with van der Waals surface area (Å²) in [4.78, 5) is 11.0. The van der Waals surface area contributed by atoms with Crippen LogP contribution < -0.4 is 5.73 Å². The van der Waals surface area contributed by atoms with E-state index in [0.29, 0.717) is 5.56 Å². The number of ether oxygens (including phenoxy) is 1. The maximum absolute atomic E-state index is 12.3. The molecule has 0 spiro atoms. The van der Waals surface area contributed by atoms with Crippen LogP contribution in [0.4, 0.5) is 13.2 Å². The Labute approximate surface area is 96.4 Å². The molecule has 0 aliphatic heterocycles. The third-order valence-corrected chi connectivity index (χ3v) is 2.24. The summed E-state index contributed by atoms with van der Waals surface area (Å²) in [6.45, 7) is 0. The summed E-state index contributed by atoms with van der Waals surface area (Å²) in [7, 11) is 1.20. The predicted octanol–water partition coefficient (Wildman–Crippen LogP) is 1.75. The molecule has 0 amide bonds. The summed E-state index contributed by atoms with van der Waals surface area (Å²) in [5.74, 6) is -0.593. The van der Waals surface area contributed by atoms with Gasteiger partial charge in [-0.05, 0) is 24.1 Å². The number of alkyl halides is 3. The molecule has 0 saturated heterocycles. The highest BCUT2D eigenvalue weighted by Crippen LogP contribution is 2.29. The summed E-state index contributed by atoms with van der Waals surface area (Å²) in [6.07, 6.45) is -4.21. The van der Waals surface area contributed by atoms with Crippen LogP contribution in [0.1, 0.15) is 11.1 Å². The summed E-state index contributed by atoms with van der Waals surface area (Å²) in [5.41, 5.74) is 5.31. The first kappa shape index (κ1) is 13.5. The van der Waals surface area contributed by atoms with Crippen molar-refractivity contribution in [3.05, 3.63) is 35.4 Å². The van der Waals surface area contributed by atoms with Crippen molar-refractivity contribution in [2.75, 3.05) is 7.11 Å². The molecular weight excluding hydrogens is 235 g/mol. The first-order valence-electron chi connectivity index (χ1n) is 4.84. The Bertz CT molecular complexity index is 387. The number of hydrogen-bond donors (Lipinski definition) is 1. The molecule has 94 valence electrons. The van der Waals surface area contributed by atoms with E-state index in [1.165, 1.54) is 19.2 Å². The minimum Gasteiger partial charge on any atom is -0.468 e. The lowest BCUT2D eigenvalue weighted by atomic mass is 10.0. The molecule has 0 heterocycles. The third-order valence-electron chi connectivity index (χ3n) is 2.24.